The topological polar surface area (TPSA) is 60.9 Å². The van der Waals surface area contributed by atoms with E-state index >= 15 is 0 Å². The van der Waals surface area contributed by atoms with E-state index in [-0.39, 0.29) is 25.2 Å². The molecule has 0 saturated carbocycles. The summed E-state index contributed by atoms with van der Waals surface area (Å²) in [5.41, 5.74) is 1.38. The Morgan fingerprint density at radius 1 is 1.00 bits per heavy atom. The fourth-order valence-corrected chi connectivity index (χ4v) is 2.87. The Morgan fingerprint density at radius 3 is 1.81 bits per heavy atom. The van der Waals surface area contributed by atoms with Crippen LogP contribution in [0.15, 0.2) is 59.9 Å². The first-order chi connectivity index (χ1) is 12.8. The van der Waals surface area contributed by atoms with E-state index in [1.54, 1.807) is 24.3 Å². The van der Waals surface area contributed by atoms with Crippen LogP contribution in [-0.4, -0.2) is 40.3 Å². The van der Waals surface area contributed by atoms with Crippen molar-refractivity contribution >= 4 is 11.8 Å². The maximum Gasteiger partial charge on any atom is 0.289 e. The zero-order valence-corrected chi connectivity index (χ0v) is 14.7. The highest BCUT2D eigenvalue weighted by atomic mass is 19.1. The summed E-state index contributed by atoms with van der Waals surface area (Å²) in [5.74, 6) is -2.46. The Morgan fingerprint density at radius 2 is 1.44 bits per heavy atom. The Balaban J connectivity index is 1.88. The number of benzene rings is 2. The third kappa shape index (κ3) is 4.13. The molecule has 0 atom stereocenters. The molecule has 2 aromatic carbocycles. The van der Waals surface area contributed by atoms with Gasteiger partial charge in [0.15, 0.2) is 5.76 Å². The molecule has 140 valence electrons. The van der Waals surface area contributed by atoms with Crippen LogP contribution in [0.3, 0.4) is 0 Å². The molecule has 7 heteroatoms. The van der Waals surface area contributed by atoms with Crippen molar-refractivity contribution in [2.75, 3.05) is 13.6 Å². The molecule has 2 amide bonds. The number of carbonyl (C=O) groups is 2. The zero-order valence-electron chi connectivity index (χ0n) is 14.7. The van der Waals surface area contributed by atoms with Crippen molar-refractivity contribution in [2.45, 2.75) is 13.1 Å². The van der Waals surface area contributed by atoms with Gasteiger partial charge in [0.05, 0.1) is 12.1 Å². The number of aliphatic hydroxyl groups is 1. The average molecular weight is 372 g/mol. The second-order valence-electron chi connectivity index (χ2n) is 6.40. The molecule has 0 saturated heterocycles. The maximum absolute atomic E-state index is 13.2. The molecule has 1 heterocycles. The Bertz CT molecular complexity index is 845. The average Bonchev–Trinajstić information content (AvgIpc) is 2.91. The van der Waals surface area contributed by atoms with Crippen LogP contribution < -0.4 is 0 Å². The standard InChI is InChI=1S/C20H18F2N2O3/c1-23-12-17(18(25)20(23)27)19(26)24(10-13-2-6-15(21)7-3-13)11-14-4-8-16(22)9-5-14/h2-9,25H,10-12H2,1H3. The van der Waals surface area contributed by atoms with Gasteiger partial charge in [0, 0.05) is 20.1 Å². The largest absolute Gasteiger partial charge is 0.503 e. The van der Waals surface area contributed by atoms with Gasteiger partial charge in [-0.2, -0.15) is 0 Å². The van der Waals surface area contributed by atoms with Crippen LogP contribution in [0, 0.1) is 11.6 Å². The quantitative estimate of drug-likeness (QED) is 0.878. The predicted molar refractivity (Wildman–Crippen MR) is 94.3 cm³/mol. The number of amides is 2. The lowest BCUT2D eigenvalue weighted by molar-refractivity contribution is -0.128. The molecule has 1 aliphatic heterocycles. The first-order valence-electron chi connectivity index (χ1n) is 8.31. The number of hydrogen-bond acceptors (Lipinski definition) is 3. The van der Waals surface area contributed by atoms with Crippen LogP contribution in [-0.2, 0) is 22.7 Å². The molecular weight excluding hydrogens is 354 g/mol. The maximum atomic E-state index is 13.2. The van der Waals surface area contributed by atoms with Gasteiger partial charge in [0.25, 0.3) is 11.8 Å². The molecule has 5 nitrogen and oxygen atoms in total. The lowest BCUT2D eigenvalue weighted by atomic mass is 10.1. The van der Waals surface area contributed by atoms with Crippen molar-refractivity contribution < 1.29 is 23.5 Å². The van der Waals surface area contributed by atoms with E-state index in [1.807, 2.05) is 0 Å². The zero-order chi connectivity index (χ0) is 19.6. The van der Waals surface area contributed by atoms with Crippen LogP contribution in [0.1, 0.15) is 11.1 Å². The molecule has 2 aromatic rings. The highest BCUT2D eigenvalue weighted by Crippen LogP contribution is 2.21. The SMILES string of the molecule is CN1CC(C(=O)N(Cc2ccc(F)cc2)Cc2ccc(F)cc2)=C(O)C1=O. The summed E-state index contributed by atoms with van der Waals surface area (Å²) in [5, 5.41) is 9.99. The normalized spacial score (nSPS) is 14.0. The highest BCUT2D eigenvalue weighted by Gasteiger charge is 2.34. The second kappa shape index (κ2) is 7.57. The summed E-state index contributed by atoms with van der Waals surface area (Å²) in [4.78, 5) is 27.4. The van der Waals surface area contributed by atoms with E-state index in [0.717, 1.165) is 0 Å². The summed E-state index contributed by atoms with van der Waals surface area (Å²) in [6.07, 6.45) is 0. The Labute approximate surface area is 155 Å². The van der Waals surface area contributed by atoms with Crippen molar-refractivity contribution in [1.82, 2.24) is 9.80 Å². The van der Waals surface area contributed by atoms with Gasteiger partial charge in [-0.15, -0.1) is 0 Å². The number of nitrogens with zero attached hydrogens (tertiary/aromatic N) is 2. The lowest BCUT2D eigenvalue weighted by Gasteiger charge is -2.24. The Hall–Kier alpha value is -3.22. The van der Waals surface area contributed by atoms with Crippen molar-refractivity contribution in [3.8, 4) is 0 Å². The van der Waals surface area contributed by atoms with Crippen LogP contribution in [0.25, 0.3) is 0 Å². The lowest BCUT2D eigenvalue weighted by Crippen LogP contribution is -2.33. The number of rotatable bonds is 5. The fraction of sp³-hybridized carbons (Fsp3) is 0.200. The first kappa shape index (κ1) is 18.6. The summed E-state index contributed by atoms with van der Waals surface area (Å²) in [7, 11) is 1.49. The van der Waals surface area contributed by atoms with Gasteiger partial charge < -0.3 is 14.9 Å². The number of aliphatic hydroxyl groups excluding tert-OH is 1. The highest BCUT2D eigenvalue weighted by molar-refractivity contribution is 6.06. The first-order valence-corrected chi connectivity index (χ1v) is 8.31. The smallest absolute Gasteiger partial charge is 0.289 e. The summed E-state index contributed by atoms with van der Waals surface area (Å²) >= 11 is 0. The van der Waals surface area contributed by atoms with E-state index < -0.39 is 29.2 Å². The molecular formula is C20H18F2N2O3. The van der Waals surface area contributed by atoms with Gasteiger partial charge in [-0.05, 0) is 35.4 Å². The van der Waals surface area contributed by atoms with Crippen molar-refractivity contribution in [1.29, 1.82) is 0 Å². The molecule has 0 radical (unpaired) electrons. The number of carbonyl (C=O) groups excluding carboxylic acids is 2. The van der Waals surface area contributed by atoms with Crippen molar-refractivity contribution in [2.24, 2.45) is 0 Å². The Kier molecular flexibility index (Phi) is 5.21. The molecule has 0 fully saturated rings. The van der Waals surface area contributed by atoms with Gasteiger partial charge in [0.1, 0.15) is 11.6 Å². The minimum Gasteiger partial charge on any atom is -0.503 e. The summed E-state index contributed by atoms with van der Waals surface area (Å²) in [6.45, 7) is 0.295. The van der Waals surface area contributed by atoms with Crippen molar-refractivity contribution in [3.05, 3.63) is 82.6 Å². The van der Waals surface area contributed by atoms with Crippen LogP contribution in [0.2, 0.25) is 0 Å². The number of hydrogen-bond donors (Lipinski definition) is 1. The van der Waals surface area contributed by atoms with Crippen LogP contribution in [0.4, 0.5) is 8.78 Å². The molecule has 0 aromatic heterocycles. The minimum atomic E-state index is -0.609. The van der Waals surface area contributed by atoms with E-state index in [1.165, 1.54) is 41.1 Å². The van der Waals surface area contributed by atoms with E-state index in [0.29, 0.717) is 11.1 Å². The van der Waals surface area contributed by atoms with Gasteiger partial charge in [-0.3, -0.25) is 9.59 Å². The number of likely N-dealkylation sites (N-methyl/N-ethyl adjacent to an activating group) is 1. The van der Waals surface area contributed by atoms with Crippen LogP contribution in [0.5, 0.6) is 0 Å². The summed E-state index contributed by atoms with van der Waals surface area (Å²) in [6, 6.07) is 11.4. The van der Waals surface area contributed by atoms with E-state index in [4.69, 9.17) is 0 Å². The van der Waals surface area contributed by atoms with Gasteiger partial charge in [-0.1, -0.05) is 24.3 Å². The molecule has 3 rings (SSSR count). The second-order valence-corrected chi connectivity index (χ2v) is 6.40. The fourth-order valence-electron chi connectivity index (χ4n) is 2.87. The predicted octanol–water partition coefficient (Wildman–Crippen LogP) is 2.78. The van der Waals surface area contributed by atoms with Gasteiger partial charge >= 0.3 is 0 Å². The molecule has 0 spiro atoms. The van der Waals surface area contributed by atoms with Crippen molar-refractivity contribution in [3.63, 3.8) is 0 Å². The minimum absolute atomic E-state index is 0.00623. The van der Waals surface area contributed by atoms with E-state index in [2.05, 4.69) is 0 Å². The molecule has 1 aliphatic rings. The summed E-state index contributed by atoms with van der Waals surface area (Å²) < 4.78 is 26.3. The van der Waals surface area contributed by atoms with E-state index in [9.17, 15) is 23.5 Å². The van der Waals surface area contributed by atoms with Crippen LogP contribution >= 0.6 is 0 Å². The monoisotopic (exact) mass is 372 g/mol. The molecule has 27 heavy (non-hydrogen) atoms. The molecule has 0 bridgehead atoms. The van der Waals surface area contributed by atoms with Gasteiger partial charge in [0.2, 0.25) is 0 Å². The molecule has 0 unspecified atom stereocenters. The third-order valence-corrected chi connectivity index (χ3v) is 4.35. The molecule has 0 aliphatic carbocycles. The molecule has 1 N–H and O–H groups in total. The number of halogens is 2. The van der Waals surface area contributed by atoms with Gasteiger partial charge in [-0.25, -0.2) is 8.78 Å². The third-order valence-electron chi connectivity index (χ3n) is 4.35.